The number of nitrogens with one attached hydrogen (secondary N) is 1. The molecule has 18 heavy (non-hydrogen) atoms. The van der Waals surface area contributed by atoms with E-state index in [0.717, 1.165) is 48.4 Å². The maximum Gasteiger partial charge on any atom is 0.246 e. The number of amides is 1. The smallest absolute Gasteiger partial charge is 0.246 e. The van der Waals surface area contributed by atoms with Crippen LogP contribution in [-0.4, -0.2) is 13.0 Å². The van der Waals surface area contributed by atoms with Crippen LogP contribution in [0.25, 0.3) is 0 Å². The van der Waals surface area contributed by atoms with Gasteiger partial charge in [0.15, 0.2) is 0 Å². The van der Waals surface area contributed by atoms with Crippen LogP contribution in [0, 0.1) is 0 Å². The zero-order chi connectivity index (χ0) is 13.0. The third-order valence-corrected chi connectivity index (χ3v) is 3.13. The van der Waals surface area contributed by atoms with Gasteiger partial charge in [-0.3, -0.25) is 4.79 Å². The molecule has 0 radical (unpaired) electrons. The van der Waals surface area contributed by atoms with Crippen LogP contribution < -0.4 is 15.8 Å². The Labute approximate surface area is 107 Å². The van der Waals surface area contributed by atoms with Crippen LogP contribution in [0.3, 0.4) is 0 Å². The standard InChI is InChI=1S/C14H18N2O2/c1-18-11-6-4-5-10(9-11)16-13-8-3-2-7-12(13)14(15)17/h4-6,9,16H,2-3,7-8H2,1H3,(H2,15,17). The fourth-order valence-corrected chi connectivity index (χ4v) is 2.19. The fraction of sp³-hybridized carbons (Fsp3) is 0.357. The summed E-state index contributed by atoms with van der Waals surface area (Å²) in [6, 6.07) is 7.65. The van der Waals surface area contributed by atoms with Crippen molar-refractivity contribution in [2.75, 3.05) is 12.4 Å². The van der Waals surface area contributed by atoms with Gasteiger partial charge in [-0.2, -0.15) is 0 Å². The number of ether oxygens (including phenoxy) is 1. The van der Waals surface area contributed by atoms with E-state index in [4.69, 9.17) is 10.5 Å². The van der Waals surface area contributed by atoms with Crippen molar-refractivity contribution in [3.05, 3.63) is 35.5 Å². The molecule has 1 aromatic carbocycles. The first kappa shape index (κ1) is 12.5. The molecular formula is C14H18N2O2. The molecule has 0 aliphatic heterocycles. The molecule has 4 heteroatoms. The second-order valence-electron chi connectivity index (χ2n) is 4.39. The monoisotopic (exact) mass is 246 g/mol. The summed E-state index contributed by atoms with van der Waals surface area (Å²) in [7, 11) is 1.63. The van der Waals surface area contributed by atoms with Crippen LogP contribution in [0.15, 0.2) is 35.5 Å². The summed E-state index contributed by atoms with van der Waals surface area (Å²) < 4.78 is 5.17. The molecular weight excluding hydrogens is 228 g/mol. The van der Waals surface area contributed by atoms with E-state index in [1.807, 2.05) is 24.3 Å². The lowest BCUT2D eigenvalue weighted by atomic mass is 9.95. The molecule has 96 valence electrons. The summed E-state index contributed by atoms with van der Waals surface area (Å²) in [4.78, 5) is 11.4. The number of allylic oxidation sites excluding steroid dienone is 1. The van der Waals surface area contributed by atoms with Crippen LogP contribution >= 0.6 is 0 Å². The molecule has 0 bridgehead atoms. The first-order valence-corrected chi connectivity index (χ1v) is 6.13. The SMILES string of the molecule is COc1cccc(NC2=C(C(N)=O)CCCC2)c1. The van der Waals surface area contributed by atoms with Gasteiger partial charge >= 0.3 is 0 Å². The number of carbonyl (C=O) groups is 1. The number of hydrogen-bond acceptors (Lipinski definition) is 3. The fourth-order valence-electron chi connectivity index (χ4n) is 2.19. The lowest BCUT2D eigenvalue weighted by molar-refractivity contribution is -0.114. The Morgan fingerprint density at radius 1 is 1.33 bits per heavy atom. The topological polar surface area (TPSA) is 64.3 Å². The van der Waals surface area contributed by atoms with Crippen molar-refractivity contribution < 1.29 is 9.53 Å². The Hall–Kier alpha value is -1.97. The minimum atomic E-state index is -0.319. The van der Waals surface area contributed by atoms with Gasteiger partial charge in [-0.25, -0.2) is 0 Å². The summed E-state index contributed by atoms with van der Waals surface area (Å²) in [6.45, 7) is 0. The van der Waals surface area contributed by atoms with E-state index in [2.05, 4.69) is 5.32 Å². The van der Waals surface area contributed by atoms with Crippen LogP contribution in [-0.2, 0) is 4.79 Å². The number of hydrogen-bond donors (Lipinski definition) is 2. The third kappa shape index (κ3) is 2.83. The quantitative estimate of drug-likeness (QED) is 0.857. The minimum absolute atomic E-state index is 0.319. The molecule has 0 aromatic heterocycles. The van der Waals surface area contributed by atoms with E-state index < -0.39 is 0 Å². The third-order valence-electron chi connectivity index (χ3n) is 3.13. The van der Waals surface area contributed by atoms with E-state index in [1.165, 1.54) is 0 Å². The van der Waals surface area contributed by atoms with Gasteiger partial charge in [0.05, 0.1) is 7.11 Å². The van der Waals surface area contributed by atoms with Crippen LogP contribution in [0.5, 0.6) is 5.75 Å². The molecule has 0 unspecified atom stereocenters. The summed E-state index contributed by atoms with van der Waals surface area (Å²) in [6.07, 6.45) is 3.75. The molecule has 0 heterocycles. The number of nitrogens with two attached hydrogens (primary N) is 1. The van der Waals surface area contributed by atoms with Gasteiger partial charge in [0.25, 0.3) is 0 Å². The van der Waals surface area contributed by atoms with Crippen molar-refractivity contribution in [3.63, 3.8) is 0 Å². The molecule has 0 saturated carbocycles. The second kappa shape index (κ2) is 5.58. The Morgan fingerprint density at radius 3 is 2.83 bits per heavy atom. The van der Waals surface area contributed by atoms with Crippen molar-refractivity contribution in [2.24, 2.45) is 5.73 Å². The van der Waals surface area contributed by atoms with Crippen molar-refractivity contribution in [1.29, 1.82) is 0 Å². The molecule has 1 aliphatic rings. The molecule has 0 atom stereocenters. The maximum atomic E-state index is 11.4. The van der Waals surface area contributed by atoms with Gasteiger partial charge in [-0.1, -0.05) is 6.07 Å². The lowest BCUT2D eigenvalue weighted by Crippen LogP contribution is -2.21. The average Bonchev–Trinajstić information content (AvgIpc) is 2.39. The van der Waals surface area contributed by atoms with Gasteiger partial charge < -0.3 is 15.8 Å². The number of benzene rings is 1. The van der Waals surface area contributed by atoms with Gasteiger partial charge in [-0.05, 0) is 37.8 Å². The van der Waals surface area contributed by atoms with Gasteiger partial charge in [0.2, 0.25) is 5.91 Å². The predicted octanol–water partition coefficient (Wildman–Crippen LogP) is 2.42. The molecule has 1 aliphatic carbocycles. The summed E-state index contributed by atoms with van der Waals surface area (Å²) in [5.41, 5.74) is 8.00. The molecule has 4 nitrogen and oxygen atoms in total. The molecule has 0 saturated heterocycles. The Kier molecular flexibility index (Phi) is 3.87. The second-order valence-corrected chi connectivity index (χ2v) is 4.39. The van der Waals surface area contributed by atoms with Crippen molar-refractivity contribution >= 4 is 11.6 Å². The zero-order valence-electron chi connectivity index (χ0n) is 10.5. The number of rotatable bonds is 4. The van der Waals surface area contributed by atoms with Crippen molar-refractivity contribution in [3.8, 4) is 5.75 Å². The van der Waals surface area contributed by atoms with Gasteiger partial charge in [0.1, 0.15) is 5.75 Å². The van der Waals surface area contributed by atoms with E-state index in [-0.39, 0.29) is 5.91 Å². The molecule has 0 spiro atoms. The minimum Gasteiger partial charge on any atom is -0.497 e. The van der Waals surface area contributed by atoms with Gasteiger partial charge in [0, 0.05) is 23.0 Å². The number of anilines is 1. The summed E-state index contributed by atoms with van der Waals surface area (Å²) >= 11 is 0. The largest absolute Gasteiger partial charge is 0.497 e. The summed E-state index contributed by atoms with van der Waals surface area (Å²) in [5, 5.41) is 3.29. The Morgan fingerprint density at radius 2 is 2.11 bits per heavy atom. The molecule has 1 amide bonds. The maximum absolute atomic E-state index is 11.4. The van der Waals surface area contributed by atoms with Crippen LogP contribution in [0.1, 0.15) is 25.7 Å². The summed E-state index contributed by atoms with van der Waals surface area (Å²) in [5.74, 6) is 0.470. The molecule has 1 aromatic rings. The normalized spacial score (nSPS) is 15.4. The van der Waals surface area contributed by atoms with Crippen LogP contribution in [0.4, 0.5) is 5.69 Å². The molecule has 2 rings (SSSR count). The van der Waals surface area contributed by atoms with E-state index in [0.29, 0.717) is 0 Å². The average molecular weight is 246 g/mol. The van der Waals surface area contributed by atoms with Gasteiger partial charge in [-0.15, -0.1) is 0 Å². The Balaban J connectivity index is 2.22. The number of carbonyl (C=O) groups excluding carboxylic acids is 1. The number of primary amides is 1. The molecule has 0 fully saturated rings. The number of methoxy groups -OCH3 is 1. The van der Waals surface area contributed by atoms with Crippen molar-refractivity contribution in [2.45, 2.75) is 25.7 Å². The highest BCUT2D eigenvalue weighted by molar-refractivity contribution is 5.93. The van der Waals surface area contributed by atoms with E-state index >= 15 is 0 Å². The first-order chi connectivity index (χ1) is 8.70. The lowest BCUT2D eigenvalue weighted by Gasteiger charge is -2.20. The highest BCUT2D eigenvalue weighted by Gasteiger charge is 2.17. The predicted molar refractivity (Wildman–Crippen MR) is 71.3 cm³/mol. The highest BCUT2D eigenvalue weighted by Crippen LogP contribution is 2.27. The van der Waals surface area contributed by atoms with Crippen LogP contribution in [0.2, 0.25) is 0 Å². The van der Waals surface area contributed by atoms with Crippen molar-refractivity contribution in [1.82, 2.24) is 0 Å². The Bertz CT molecular complexity index is 480. The molecule has 3 N–H and O–H groups in total. The van der Waals surface area contributed by atoms with E-state index in [9.17, 15) is 4.79 Å². The zero-order valence-corrected chi connectivity index (χ0v) is 10.5. The van der Waals surface area contributed by atoms with E-state index in [1.54, 1.807) is 7.11 Å². The highest BCUT2D eigenvalue weighted by atomic mass is 16.5. The first-order valence-electron chi connectivity index (χ1n) is 6.13.